The smallest absolute Gasteiger partial charge is 0.115 e. The lowest BCUT2D eigenvalue weighted by Gasteiger charge is -2.11. The summed E-state index contributed by atoms with van der Waals surface area (Å²) in [5, 5.41) is 19.0. The van der Waals surface area contributed by atoms with Crippen LogP contribution in [0.3, 0.4) is 0 Å². The molecule has 3 rings (SSSR count). The van der Waals surface area contributed by atoms with Crippen LogP contribution < -0.4 is 0 Å². The summed E-state index contributed by atoms with van der Waals surface area (Å²) in [7, 11) is 0. The first-order chi connectivity index (χ1) is 12.7. The van der Waals surface area contributed by atoms with Gasteiger partial charge in [0.2, 0.25) is 0 Å². The van der Waals surface area contributed by atoms with Crippen LogP contribution >= 0.6 is 0 Å². The highest BCUT2D eigenvalue weighted by Gasteiger charge is 2.11. The van der Waals surface area contributed by atoms with Gasteiger partial charge in [0.25, 0.3) is 0 Å². The number of hydrogen-bond donors (Lipinski definition) is 2. The largest absolute Gasteiger partial charge is 0.508 e. The molecule has 134 valence electrons. The van der Waals surface area contributed by atoms with Crippen molar-refractivity contribution in [2.45, 2.75) is 39.0 Å². The zero-order valence-corrected chi connectivity index (χ0v) is 15.0. The fourth-order valence-electron chi connectivity index (χ4n) is 2.95. The Bertz CT molecular complexity index is 843. The number of phenols is 2. The number of aromatic hydroxyl groups is 2. The number of unbranched alkanes of at least 4 members (excludes halogenated alkanes) is 3. The van der Waals surface area contributed by atoms with E-state index < -0.39 is 0 Å². The molecule has 3 aromatic rings. The number of rotatable bonds is 7. The van der Waals surface area contributed by atoms with E-state index in [1.54, 1.807) is 30.5 Å². The summed E-state index contributed by atoms with van der Waals surface area (Å²) < 4.78 is 0. The third kappa shape index (κ3) is 4.39. The number of aromatic nitrogens is 2. The average Bonchev–Trinajstić information content (AvgIpc) is 2.66. The van der Waals surface area contributed by atoms with Gasteiger partial charge >= 0.3 is 0 Å². The molecule has 0 unspecified atom stereocenters. The van der Waals surface area contributed by atoms with Crippen LogP contribution in [0.15, 0.2) is 54.7 Å². The zero-order chi connectivity index (χ0) is 18.4. The van der Waals surface area contributed by atoms with Crippen LogP contribution in [-0.2, 0) is 6.42 Å². The topological polar surface area (TPSA) is 66.2 Å². The van der Waals surface area contributed by atoms with Crippen molar-refractivity contribution in [3.05, 3.63) is 60.4 Å². The molecule has 0 aliphatic heterocycles. The van der Waals surface area contributed by atoms with Crippen LogP contribution in [0.5, 0.6) is 11.5 Å². The Kier molecular flexibility index (Phi) is 5.84. The van der Waals surface area contributed by atoms with Crippen molar-refractivity contribution in [1.82, 2.24) is 9.97 Å². The van der Waals surface area contributed by atoms with Gasteiger partial charge in [0.1, 0.15) is 11.5 Å². The summed E-state index contributed by atoms with van der Waals surface area (Å²) in [5.74, 6) is 0.481. The van der Waals surface area contributed by atoms with Gasteiger partial charge in [-0.2, -0.15) is 0 Å². The number of benzene rings is 2. The Morgan fingerprint density at radius 3 is 2.00 bits per heavy atom. The minimum Gasteiger partial charge on any atom is -0.508 e. The molecule has 2 N–H and O–H groups in total. The molecular weight excluding hydrogens is 324 g/mol. The maximum Gasteiger partial charge on any atom is 0.115 e. The van der Waals surface area contributed by atoms with Crippen molar-refractivity contribution in [3.63, 3.8) is 0 Å². The second-order valence-electron chi connectivity index (χ2n) is 6.45. The van der Waals surface area contributed by atoms with Crippen LogP contribution in [0.25, 0.3) is 22.5 Å². The van der Waals surface area contributed by atoms with E-state index in [9.17, 15) is 10.2 Å². The van der Waals surface area contributed by atoms with E-state index in [-0.39, 0.29) is 11.5 Å². The number of aryl methyl sites for hydroxylation is 1. The summed E-state index contributed by atoms with van der Waals surface area (Å²) in [5.41, 5.74) is 4.53. The van der Waals surface area contributed by atoms with Gasteiger partial charge < -0.3 is 10.2 Å². The molecule has 4 nitrogen and oxygen atoms in total. The normalized spacial score (nSPS) is 10.8. The fourth-order valence-corrected chi connectivity index (χ4v) is 2.95. The van der Waals surface area contributed by atoms with Gasteiger partial charge in [-0.1, -0.05) is 26.2 Å². The van der Waals surface area contributed by atoms with Gasteiger partial charge in [-0.25, -0.2) is 4.98 Å². The van der Waals surface area contributed by atoms with Crippen LogP contribution in [0.1, 0.15) is 38.3 Å². The number of phenolic OH excluding ortho intramolecular Hbond substituents is 2. The molecule has 0 spiro atoms. The number of nitrogens with zero attached hydrogens (tertiary/aromatic N) is 2. The summed E-state index contributed by atoms with van der Waals surface area (Å²) in [4.78, 5) is 9.53. The Hall–Kier alpha value is -2.88. The van der Waals surface area contributed by atoms with E-state index in [1.807, 2.05) is 24.3 Å². The minimum absolute atomic E-state index is 0.238. The van der Waals surface area contributed by atoms with Crippen molar-refractivity contribution in [3.8, 4) is 34.0 Å². The van der Waals surface area contributed by atoms with E-state index in [4.69, 9.17) is 4.98 Å². The summed E-state index contributed by atoms with van der Waals surface area (Å²) in [6, 6.07) is 14.1. The fraction of sp³-hybridized carbons (Fsp3) is 0.273. The van der Waals surface area contributed by atoms with Crippen molar-refractivity contribution in [2.75, 3.05) is 0 Å². The van der Waals surface area contributed by atoms with E-state index in [0.717, 1.165) is 41.1 Å². The lowest BCUT2D eigenvalue weighted by Crippen LogP contribution is -2.00. The van der Waals surface area contributed by atoms with Gasteiger partial charge in [-0.15, -0.1) is 0 Å². The standard InChI is InChI=1S/C22H24N2O2/c1-2-3-4-5-6-20-22(17-9-13-19(26)14-10-17)23-15-21(24-20)16-7-11-18(25)12-8-16/h7-15,25-26H,2-6H2,1H3. The summed E-state index contributed by atoms with van der Waals surface area (Å²) >= 11 is 0. The number of hydrogen-bond acceptors (Lipinski definition) is 4. The molecule has 0 aliphatic rings. The molecule has 2 aromatic carbocycles. The molecule has 0 radical (unpaired) electrons. The van der Waals surface area contributed by atoms with Crippen molar-refractivity contribution in [2.24, 2.45) is 0 Å². The summed E-state index contributed by atoms with van der Waals surface area (Å²) in [6.45, 7) is 2.20. The summed E-state index contributed by atoms with van der Waals surface area (Å²) in [6.07, 6.45) is 7.31. The Morgan fingerprint density at radius 2 is 1.38 bits per heavy atom. The molecule has 0 aliphatic carbocycles. The van der Waals surface area contributed by atoms with Gasteiger partial charge in [0.05, 0.1) is 23.3 Å². The zero-order valence-electron chi connectivity index (χ0n) is 15.0. The second kappa shape index (κ2) is 8.48. The monoisotopic (exact) mass is 348 g/mol. The first kappa shape index (κ1) is 17.9. The Labute approximate surface area is 154 Å². The molecule has 26 heavy (non-hydrogen) atoms. The third-order valence-corrected chi connectivity index (χ3v) is 4.42. The molecule has 0 fully saturated rings. The van der Waals surface area contributed by atoms with E-state index in [0.29, 0.717) is 0 Å². The van der Waals surface area contributed by atoms with Gasteiger partial charge in [0, 0.05) is 11.1 Å². The highest BCUT2D eigenvalue weighted by Crippen LogP contribution is 2.27. The maximum atomic E-state index is 9.53. The highest BCUT2D eigenvalue weighted by molar-refractivity contribution is 5.66. The molecule has 0 amide bonds. The van der Waals surface area contributed by atoms with Crippen molar-refractivity contribution >= 4 is 0 Å². The van der Waals surface area contributed by atoms with Crippen LogP contribution in [0, 0.1) is 0 Å². The SMILES string of the molecule is CCCCCCc1nc(-c2ccc(O)cc2)cnc1-c1ccc(O)cc1. The predicted molar refractivity (Wildman–Crippen MR) is 104 cm³/mol. The molecule has 0 saturated heterocycles. The Balaban J connectivity index is 1.94. The lowest BCUT2D eigenvalue weighted by atomic mass is 10.0. The molecule has 0 atom stereocenters. The molecule has 0 bridgehead atoms. The highest BCUT2D eigenvalue weighted by atomic mass is 16.3. The lowest BCUT2D eigenvalue weighted by molar-refractivity contribution is 0.475. The molecular formula is C22H24N2O2. The van der Waals surface area contributed by atoms with Crippen LogP contribution in [-0.4, -0.2) is 20.2 Å². The second-order valence-corrected chi connectivity index (χ2v) is 6.45. The molecule has 4 heteroatoms. The average molecular weight is 348 g/mol. The minimum atomic E-state index is 0.238. The predicted octanol–water partition coefficient (Wildman–Crippen LogP) is 5.34. The Morgan fingerprint density at radius 1 is 0.769 bits per heavy atom. The van der Waals surface area contributed by atoms with E-state index in [2.05, 4.69) is 11.9 Å². The first-order valence-electron chi connectivity index (χ1n) is 9.12. The molecule has 1 aromatic heterocycles. The first-order valence-corrected chi connectivity index (χ1v) is 9.12. The van der Waals surface area contributed by atoms with Gasteiger partial charge in [-0.05, 0) is 61.4 Å². The van der Waals surface area contributed by atoms with Crippen LogP contribution in [0.2, 0.25) is 0 Å². The quantitative estimate of drug-likeness (QED) is 0.565. The van der Waals surface area contributed by atoms with Gasteiger partial charge in [0.15, 0.2) is 0 Å². The third-order valence-electron chi connectivity index (χ3n) is 4.42. The van der Waals surface area contributed by atoms with Gasteiger partial charge in [-0.3, -0.25) is 4.98 Å². The van der Waals surface area contributed by atoms with E-state index >= 15 is 0 Å². The van der Waals surface area contributed by atoms with Crippen molar-refractivity contribution in [1.29, 1.82) is 0 Å². The molecule has 1 heterocycles. The van der Waals surface area contributed by atoms with Crippen LogP contribution in [0.4, 0.5) is 0 Å². The maximum absolute atomic E-state index is 9.53. The molecule has 0 saturated carbocycles. The van der Waals surface area contributed by atoms with E-state index in [1.165, 1.54) is 19.3 Å². The van der Waals surface area contributed by atoms with Crippen molar-refractivity contribution < 1.29 is 10.2 Å².